The molecular formula is C23H23F3N6O3. The van der Waals surface area contributed by atoms with Crippen LogP contribution in [-0.2, 0) is 9.63 Å². The van der Waals surface area contributed by atoms with E-state index in [0.29, 0.717) is 6.42 Å². The van der Waals surface area contributed by atoms with E-state index in [9.17, 15) is 22.8 Å². The highest BCUT2D eigenvalue weighted by Crippen LogP contribution is 2.30. The first-order valence-electron chi connectivity index (χ1n) is 11.2. The number of hydrogen-bond donors (Lipinski definition) is 3. The highest BCUT2D eigenvalue weighted by molar-refractivity contribution is 5.97. The minimum absolute atomic E-state index is 0.173. The van der Waals surface area contributed by atoms with Crippen LogP contribution in [0, 0.1) is 23.4 Å². The quantitative estimate of drug-likeness (QED) is 0.382. The molecule has 0 spiro atoms. The molecule has 0 bridgehead atoms. The Morgan fingerprint density at radius 1 is 1.14 bits per heavy atom. The summed E-state index contributed by atoms with van der Waals surface area (Å²) in [5, 5.41) is 0. The van der Waals surface area contributed by atoms with Crippen LogP contribution < -0.4 is 16.1 Å². The number of piperidine rings is 1. The van der Waals surface area contributed by atoms with E-state index in [-0.39, 0.29) is 5.92 Å². The van der Waals surface area contributed by atoms with E-state index in [1.54, 1.807) is 6.33 Å². The third-order valence-electron chi connectivity index (χ3n) is 6.59. The molecule has 2 aliphatic rings. The van der Waals surface area contributed by atoms with Gasteiger partial charge in [-0.05, 0) is 49.4 Å². The lowest BCUT2D eigenvalue weighted by Crippen LogP contribution is -2.57. The van der Waals surface area contributed by atoms with E-state index in [2.05, 4.69) is 20.3 Å². The van der Waals surface area contributed by atoms with Gasteiger partial charge < -0.3 is 25.4 Å². The van der Waals surface area contributed by atoms with Gasteiger partial charge in [-0.15, -0.1) is 5.48 Å². The third-order valence-corrected chi connectivity index (χ3v) is 6.59. The van der Waals surface area contributed by atoms with Crippen LogP contribution in [0.25, 0.3) is 11.0 Å². The van der Waals surface area contributed by atoms with Crippen LogP contribution in [0.5, 0.6) is 0 Å². The number of nitrogens with one attached hydrogen (secondary N) is 2. The van der Waals surface area contributed by atoms with Crippen molar-refractivity contribution in [2.45, 2.75) is 25.4 Å². The van der Waals surface area contributed by atoms with Gasteiger partial charge in [0.2, 0.25) is 0 Å². The fraction of sp³-hybridized carbons (Fsp3) is 0.348. The van der Waals surface area contributed by atoms with Crippen molar-refractivity contribution < 1.29 is 27.6 Å². The van der Waals surface area contributed by atoms with Crippen molar-refractivity contribution >= 4 is 34.3 Å². The van der Waals surface area contributed by atoms with E-state index in [1.807, 2.05) is 18.2 Å². The van der Waals surface area contributed by atoms with Crippen molar-refractivity contribution in [1.82, 2.24) is 20.3 Å². The molecule has 12 heteroatoms. The van der Waals surface area contributed by atoms with Crippen molar-refractivity contribution in [1.29, 1.82) is 0 Å². The Balaban J connectivity index is 1.27. The van der Waals surface area contributed by atoms with E-state index in [1.165, 1.54) is 0 Å². The van der Waals surface area contributed by atoms with Crippen LogP contribution in [0.1, 0.15) is 29.6 Å². The normalized spacial score (nSPS) is 19.3. The Morgan fingerprint density at radius 3 is 2.69 bits per heavy atom. The predicted octanol–water partition coefficient (Wildman–Crippen LogP) is 2.70. The predicted molar refractivity (Wildman–Crippen MR) is 120 cm³/mol. The lowest BCUT2D eigenvalue weighted by molar-refractivity contribution is -0.167. The fourth-order valence-corrected chi connectivity index (χ4v) is 4.66. The zero-order chi connectivity index (χ0) is 24.7. The molecule has 4 N–H and O–H groups in total. The number of anilines is 2. The summed E-state index contributed by atoms with van der Waals surface area (Å²) in [5.74, 6) is -6.61. The monoisotopic (exact) mass is 488 g/mol. The number of aromatic amines is 1. The number of halogens is 3. The number of hydroxylamine groups is 1. The number of nitrogens with two attached hydrogens (primary N) is 1. The summed E-state index contributed by atoms with van der Waals surface area (Å²) >= 11 is 0. The summed E-state index contributed by atoms with van der Waals surface area (Å²) < 4.78 is 41.8. The number of rotatable bonds is 4. The molecule has 5 rings (SSSR count). The van der Waals surface area contributed by atoms with Crippen LogP contribution in [-0.4, -0.2) is 52.5 Å². The molecule has 2 saturated heterocycles. The molecule has 3 heterocycles. The van der Waals surface area contributed by atoms with Gasteiger partial charge in [0.15, 0.2) is 17.5 Å². The highest BCUT2D eigenvalue weighted by Gasteiger charge is 2.37. The fourth-order valence-electron chi connectivity index (χ4n) is 4.66. The van der Waals surface area contributed by atoms with Crippen LogP contribution in [0.2, 0.25) is 0 Å². The first-order chi connectivity index (χ1) is 16.8. The van der Waals surface area contributed by atoms with E-state index in [0.717, 1.165) is 53.6 Å². The number of carbonyl (C=O) groups excluding carboxylic acids is 2. The minimum Gasteiger partial charge on any atom is -0.396 e. The summed E-state index contributed by atoms with van der Waals surface area (Å²) in [6.45, 7) is 1.09. The van der Waals surface area contributed by atoms with Crippen molar-refractivity contribution in [2.75, 3.05) is 30.3 Å². The number of aromatic nitrogens is 2. The average molecular weight is 488 g/mol. The number of amides is 1. The van der Waals surface area contributed by atoms with Crippen molar-refractivity contribution in [3.63, 3.8) is 0 Å². The Kier molecular flexibility index (Phi) is 5.97. The summed E-state index contributed by atoms with van der Waals surface area (Å²) in [7, 11) is 0. The lowest BCUT2D eigenvalue weighted by atomic mass is 9.91. The van der Waals surface area contributed by atoms with Crippen LogP contribution in [0.15, 0.2) is 30.6 Å². The second-order valence-corrected chi connectivity index (χ2v) is 8.77. The van der Waals surface area contributed by atoms with Crippen LogP contribution >= 0.6 is 0 Å². The molecule has 1 atom stereocenters. The number of imidazole rings is 1. The molecule has 1 unspecified atom stereocenters. The number of carbonyl (C=O) groups is 2. The second kappa shape index (κ2) is 9.10. The highest BCUT2D eigenvalue weighted by atomic mass is 19.2. The summed E-state index contributed by atoms with van der Waals surface area (Å²) in [6, 6.07) is 6.77. The van der Waals surface area contributed by atoms with Gasteiger partial charge in [-0.25, -0.2) is 22.9 Å². The Bertz CT molecular complexity index is 1290. The number of H-pyrrole nitrogens is 1. The lowest BCUT2D eigenvalue weighted by Gasteiger charge is -2.39. The molecule has 184 valence electrons. The Labute approximate surface area is 198 Å². The first-order valence-corrected chi connectivity index (χ1v) is 11.2. The molecule has 2 fully saturated rings. The first kappa shape index (κ1) is 23.0. The molecule has 35 heavy (non-hydrogen) atoms. The Hall–Kier alpha value is -3.80. The second-order valence-electron chi connectivity index (χ2n) is 8.77. The van der Waals surface area contributed by atoms with Crippen LogP contribution in [0.4, 0.5) is 24.5 Å². The van der Waals surface area contributed by atoms with Gasteiger partial charge >= 0.3 is 5.97 Å². The third kappa shape index (κ3) is 4.36. The molecule has 1 amide bonds. The summed E-state index contributed by atoms with van der Waals surface area (Å²) in [6.07, 6.45) is 2.93. The number of nitrogens with zero attached hydrogens (tertiary/aromatic N) is 3. The van der Waals surface area contributed by atoms with Crippen LogP contribution in [0.3, 0.4) is 0 Å². The zero-order valence-electron chi connectivity index (χ0n) is 18.6. The van der Waals surface area contributed by atoms with Gasteiger partial charge in [-0.3, -0.25) is 4.79 Å². The number of benzene rings is 2. The van der Waals surface area contributed by atoms with Crippen molar-refractivity contribution in [3.8, 4) is 0 Å². The van der Waals surface area contributed by atoms with Gasteiger partial charge in [0.1, 0.15) is 12.7 Å². The molecule has 3 aromatic rings. The molecule has 0 saturated carbocycles. The zero-order valence-corrected chi connectivity index (χ0v) is 18.6. The van der Waals surface area contributed by atoms with Gasteiger partial charge in [-0.2, -0.15) is 0 Å². The van der Waals surface area contributed by atoms with Gasteiger partial charge in [0, 0.05) is 18.8 Å². The molecule has 2 aromatic carbocycles. The smallest absolute Gasteiger partial charge is 0.344 e. The van der Waals surface area contributed by atoms with E-state index in [4.69, 9.17) is 10.6 Å². The molecular weight excluding hydrogens is 465 g/mol. The summed E-state index contributed by atoms with van der Waals surface area (Å²) in [5.41, 5.74) is 9.42. The number of nitrogen functional groups attached to an aromatic ring is 1. The largest absolute Gasteiger partial charge is 0.396 e. The SMILES string of the molecule is Nc1cc(C(=O)N2CC(=O)ONC2CC2CCN(c3ccc4nc[nH]c4c3)CC2)c(F)c(F)c1F. The average Bonchev–Trinajstić information content (AvgIpc) is 3.34. The van der Waals surface area contributed by atoms with Gasteiger partial charge in [0.05, 0.1) is 28.6 Å². The van der Waals surface area contributed by atoms with E-state index < -0.39 is 53.3 Å². The summed E-state index contributed by atoms with van der Waals surface area (Å²) in [4.78, 5) is 40.5. The van der Waals surface area contributed by atoms with Gasteiger partial charge in [0.25, 0.3) is 5.91 Å². The van der Waals surface area contributed by atoms with Crippen molar-refractivity contribution in [2.24, 2.45) is 5.92 Å². The molecule has 0 aliphatic carbocycles. The molecule has 9 nitrogen and oxygen atoms in total. The number of hydrogen-bond acceptors (Lipinski definition) is 7. The molecule has 2 aliphatic heterocycles. The van der Waals surface area contributed by atoms with E-state index >= 15 is 0 Å². The maximum atomic E-state index is 14.3. The maximum Gasteiger partial charge on any atom is 0.344 e. The van der Waals surface area contributed by atoms with Gasteiger partial charge in [-0.1, -0.05) is 0 Å². The molecule has 0 radical (unpaired) electrons. The minimum atomic E-state index is -1.84. The Morgan fingerprint density at radius 2 is 1.91 bits per heavy atom. The molecule has 1 aromatic heterocycles. The number of fused-ring (bicyclic) bond motifs is 1. The maximum absolute atomic E-state index is 14.3. The van der Waals surface area contributed by atoms with Crippen molar-refractivity contribution in [3.05, 3.63) is 53.6 Å². The standard InChI is InChI=1S/C23H23F3N6O3/c24-20-14(9-15(27)21(25)22(20)26)23(34)32-10-19(33)35-30-18(32)7-12-3-5-31(6-4-12)13-1-2-16-17(8-13)29-11-28-16/h1-2,8-9,11-12,18,30H,3-7,10,27H2,(H,28,29). The topological polar surface area (TPSA) is 117 Å².